The van der Waals surface area contributed by atoms with E-state index < -0.39 is 35.6 Å². The van der Waals surface area contributed by atoms with Gasteiger partial charge >= 0.3 is 12.3 Å². The molecule has 0 N–H and O–H groups in total. The highest BCUT2D eigenvalue weighted by atomic mass is 19.4. The van der Waals surface area contributed by atoms with Crippen LogP contribution in [0.2, 0.25) is 0 Å². The highest BCUT2D eigenvalue weighted by Gasteiger charge is 2.34. The van der Waals surface area contributed by atoms with Gasteiger partial charge in [0.25, 0.3) is 0 Å². The second-order valence-corrected chi connectivity index (χ2v) is 7.53. The Bertz CT molecular complexity index is 725. The minimum Gasteiger partial charge on any atom is -0.444 e. The second-order valence-electron chi connectivity index (χ2n) is 7.53. The van der Waals surface area contributed by atoms with Gasteiger partial charge in [0.2, 0.25) is 0 Å². The third-order valence-corrected chi connectivity index (χ3v) is 4.12. The van der Waals surface area contributed by atoms with E-state index in [9.17, 15) is 18.0 Å². The molecule has 154 valence electrons. The summed E-state index contributed by atoms with van der Waals surface area (Å²) in [4.78, 5) is 16.6. The van der Waals surface area contributed by atoms with Gasteiger partial charge in [-0.3, -0.25) is 0 Å². The fraction of sp³-hybridized carbons (Fsp3) is 0.611. The Morgan fingerprint density at radius 2 is 1.93 bits per heavy atom. The van der Waals surface area contributed by atoms with E-state index in [-0.39, 0.29) is 13.2 Å². The Balaban J connectivity index is 2.02. The van der Waals surface area contributed by atoms with Crippen molar-refractivity contribution in [2.45, 2.75) is 57.7 Å². The summed E-state index contributed by atoms with van der Waals surface area (Å²) in [5, 5.41) is 3.72. The summed E-state index contributed by atoms with van der Waals surface area (Å²) in [5.41, 5.74) is 7.91. The number of rotatable bonds is 4. The predicted octanol–water partition coefficient (Wildman–Crippen LogP) is 4.91. The zero-order valence-electron chi connectivity index (χ0n) is 15.9. The molecule has 0 bridgehead atoms. The topological polar surface area (TPSA) is 87.5 Å². The summed E-state index contributed by atoms with van der Waals surface area (Å²) in [6.07, 6.45) is -5.07. The van der Waals surface area contributed by atoms with E-state index in [1.165, 1.54) is 17.0 Å². The lowest BCUT2D eigenvalue weighted by atomic mass is 10.0. The molecule has 0 aromatic heterocycles. The lowest BCUT2D eigenvalue weighted by Crippen LogP contribution is -2.50. The molecule has 1 saturated heterocycles. The maximum Gasteiger partial charge on any atom is 0.416 e. The normalized spacial score (nSPS) is 20.4. The average molecular weight is 400 g/mol. The van der Waals surface area contributed by atoms with E-state index in [0.717, 1.165) is 12.1 Å². The molecule has 1 amide bonds. The Labute approximate surface area is 161 Å². The summed E-state index contributed by atoms with van der Waals surface area (Å²) in [6.45, 7) is 5.84. The molecule has 2 atom stereocenters. The third-order valence-electron chi connectivity index (χ3n) is 4.12. The molecule has 1 heterocycles. The Kier molecular flexibility index (Phi) is 6.79. The molecule has 2 rings (SSSR count). The summed E-state index contributed by atoms with van der Waals surface area (Å²) >= 11 is 0. The van der Waals surface area contributed by atoms with Gasteiger partial charge in [-0.25, -0.2) is 4.79 Å². The quantitative estimate of drug-likeness (QED) is 0.409. The first-order valence-electron chi connectivity index (χ1n) is 8.79. The molecule has 28 heavy (non-hydrogen) atoms. The van der Waals surface area contributed by atoms with Crippen molar-refractivity contribution < 1.29 is 27.4 Å². The molecule has 0 radical (unpaired) electrons. The predicted molar refractivity (Wildman–Crippen MR) is 95.4 cm³/mol. The molecule has 0 unspecified atom stereocenters. The number of alkyl halides is 3. The number of likely N-dealkylation sites (tertiary alicyclic amines) is 1. The van der Waals surface area contributed by atoms with Crippen molar-refractivity contribution in [1.82, 2.24) is 4.90 Å². The highest BCUT2D eigenvalue weighted by Crippen LogP contribution is 2.29. The number of nitrogens with zero attached hydrogens (tertiary/aromatic N) is 4. The smallest absolute Gasteiger partial charge is 0.416 e. The number of amides is 1. The van der Waals surface area contributed by atoms with Gasteiger partial charge in [-0.2, -0.15) is 13.2 Å². The number of azide groups is 1. The molecule has 1 fully saturated rings. The molecule has 1 aliphatic rings. The molecular weight excluding hydrogens is 377 g/mol. The van der Waals surface area contributed by atoms with Crippen molar-refractivity contribution in [1.29, 1.82) is 0 Å². The highest BCUT2D eigenvalue weighted by molar-refractivity contribution is 5.68. The number of ether oxygens (including phenoxy) is 2. The lowest BCUT2D eigenvalue weighted by molar-refractivity contribution is -0.137. The van der Waals surface area contributed by atoms with Crippen LogP contribution < -0.4 is 0 Å². The number of piperidine rings is 1. The van der Waals surface area contributed by atoms with Crippen LogP contribution in [0.3, 0.4) is 0 Å². The van der Waals surface area contributed by atoms with Crippen LogP contribution in [0.5, 0.6) is 0 Å². The van der Waals surface area contributed by atoms with Crippen LogP contribution >= 0.6 is 0 Å². The maximum absolute atomic E-state index is 12.6. The maximum atomic E-state index is 12.6. The molecule has 1 aliphatic heterocycles. The number of hydrogen-bond donors (Lipinski definition) is 0. The Morgan fingerprint density at radius 3 is 2.46 bits per heavy atom. The monoisotopic (exact) mass is 400 g/mol. The van der Waals surface area contributed by atoms with Crippen LogP contribution in [0.1, 0.15) is 38.3 Å². The minimum atomic E-state index is -4.40. The molecule has 10 heteroatoms. The second kappa shape index (κ2) is 8.70. The van der Waals surface area contributed by atoms with Crippen molar-refractivity contribution in [3.63, 3.8) is 0 Å². The molecule has 0 spiro atoms. The van der Waals surface area contributed by atoms with Crippen LogP contribution in [-0.4, -0.2) is 41.8 Å². The average Bonchev–Trinajstić information content (AvgIpc) is 2.59. The number of carbonyl (C=O) groups is 1. The van der Waals surface area contributed by atoms with Crippen LogP contribution in [0.4, 0.5) is 18.0 Å². The van der Waals surface area contributed by atoms with Crippen molar-refractivity contribution >= 4 is 6.09 Å². The van der Waals surface area contributed by atoms with Gasteiger partial charge in [0, 0.05) is 11.5 Å². The van der Waals surface area contributed by atoms with Crippen LogP contribution in [0.15, 0.2) is 29.4 Å². The third kappa shape index (κ3) is 6.31. The van der Waals surface area contributed by atoms with Gasteiger partial charge in [-0.1, -0.05) is 17.2 Å². The minimum absolute atomic E-state index is 0.0302. The number of halogens is 3. The van der Waals surface area contributed by atoms with Crippen molar-refractivity contribution in [2.24, 2.45) is 5.11 Å². The SMILES string of the molecule is CC(C)(C)OC(=O)N1CC[C@@H](N=[N+]=[N-])[C@H](OCc2ccc(C(F)(F)F)cc2)C1. The first-order valence-corrected chi connectivity index (χ1v) is 8.79. The first kappa shape index (κ1) is 21.8. The summed E-state index contributed by atoms with van der Waals surface area (Å²) < 4.78 is 49.0. The lowest BCUT2D eigenvalue weighted by Gasteiger charge is -2.37. The molecule has 0 aliphatic carbocycles. The van der Waals surface area contributed by atoms with Gasteiger partial charge < -0.3 is 14.4 Å². The number of hydrogen-bond acceptors (Lipinski definition) is 4. The fourth-order valence-electron chi connectivity index (χ4n) is 2.75. The van der Waals surface area contributed by atoms with Crippen molar-refractivity contribution in [3.05, 3.63) is 45.8 Å². The van der Waals surface area contributed by atoms with Crippen molar-refractivity contribution in [3.8, 4) is 0 Å². The van der Waals surface area contributed by atoms with E-state index in [4.69, 9.17) is 15.0 Å². The van der Waals surface area contributed by atoms with E-state index >= 15 is 0 Å². The van der Waals surface area contributed by atoms with Crippen LogP contribution in [0, 0.1) is 0 Å². The first-order chi connectivity index (χ1) is 13.0. The molecule has 1 aromatic carbocycles. The van der Waals surface area contributed by atoms with Gasteiger partial charge in [-0.05, 0) is 50.4 Å². The zero-order valence-corrected chi connectivity index (χ0v) is 15.9. The molecule has 0 saturated carbocycles. The number of carbonyl (C=O) groups excluding carboxylic acids is 1. The van der Waals surface area contributed by atoms with Gasteiger partial charge in [0.05, 0.1) is 30.9 Å². The van der Waals surface area contributed by atoms with E-state index in [2.05, 4.69) is 10.0 Å². The number of benzene rings is 1. The van der Waals surface area contributed by atoms with E-state index in [1.807, 2.05) is 0 Å². The largest absolute Gasteiger partial charge is 0.444 e. The standard InChI is InChI=1S/C18H23F3N4O3/c1-17(2,3)28-16(26)25-9-8-14(23-24-22)15(10-25)27-11-12-4-6-13(7-5-12)18(19,20)21/h4-7,14-15H,8-11H2,1-3H3/t14-,15-/m1/s1. The Hall–Kier alpha value is -2.45. The Morgan fingerprint density at radius 1 is 1.29 bits per heavy atom. The summed E-state index contributed by atoms with van der Waals surface area (Å²) in [6, 6.07) is 4.16. The van der Waals surface area contributed by atoms with Crippen LogP contribution in [-0.2, 0) is 22.3 Å². The van der Waals surface area contributed by atoms with Crippen molar-refractivity contribution in [2.75, 3.05) is 13.1 Å². The fourth-order valence-corrected chi connectivity index (χ4v) is 2.75. The van der Waals surface area contributed by atoms with E-state index in [0.29, 0.717) is 18.5 Å². The summed E-state index contributed by atoms with van der Waals surface area (Å²) in [5.74, 6) is 0. The molecular formula is C18H23F3N4O3. The van der Waals surface area contributed by atoms with Gasteiger partial charge in [0.15, 0.2) is 0 Å². The van der Waals surface area contributed by atoms with Gasteiger partial charge in [0.1, 0.15) is 5.60 Å². The van der Waals surface area contributed by atoms with Gasteiger partial charge in [-0.15, -0.1) is 0 Å². The summed E-state index contributed by atoms with van der Waals surface area (Å²) in [7, 11) is 0. The molecule has 7 nitrogen and oxygen atoms in total. The zero-order chi connectivity index (χ0) is 20.9. The molecule has 1 aromatic rings. The van der Waals surface area contributed by atoms with E-state index in [1.54, 1.807) is 20.8 Å². The van der Waals surface area contributed by atoms with Crippen LogP contribution in [0.25, 0.3) is 10.4 Å².